The van der Waals surface area contributed by atoms with Gasteiger partial charge in [0.05, 0.1) is 25.3 Å². The van der Waals surface area contributed by atoms with Crippen LogP contribution in [0, 0.1) is 23.7 Å². The van der Waals surface area contributed by atoms with Crippen LogP contribution in [0.25, 0.3) is 21.8 Å². The Kier molecular flexibility index (Phi) is 24.2. The number of hydrogen-bond donors (Lipinski definition) is 2. The molecule has 2 unspecified atom stereocenters. The van der Waals surface area contributed by atoms with Gasteiger partial charge < -0.3 is 44.5 Å². The Balaban J connectivity index is 0.000000313. The minimum absolute atomic E-state index is 0. The Labute approximate surface area is 459 Å². The maximum atomic E-state index is 12.3. The van der Waals surface area contributed by atoms with Crippen LogP contribution in [-0.2, 0) is 34.5 Å². The van der Waals surface area contributed by atoms with Gasteiger partial charge in [-0.3, -0.25) is 14.8 Å². The van der Waals surface area contributed by atoms with E-state index in [-0.39, 0.29) is 20.8 Å². The Morgan fingerprint density at radius 2 is 1.19 bits per heavy atom. The summed E-state index contributed by atoms with van der Waals surface area (Å²) in [4.78, 5) is 27.5. The predicted octanol–water partition coefficient (Wildman–Crippen LogP) is 7.35. The molecule has 2 saturated heterocycles. The van der Waals surface area contributed by atoms with Crippen molar-refractivity contribution in [2.45, 2.75) is 107 Å². The molecule has 0 spiro atoms. The summed E-state index contributed by atoms with van der Waals surface area (Å²) < 4.78 is 75.5. The lowest BCUT2D eigenvalue weighted by atomic mass is 9.85. The van der Waals surface area contributed by atoms with E-state index < -0.39 is 49.2 Å². The molecule has 3 aromatic heterocycles. The van der Waals surface area contributed by atoms with Crippen LogP contribution in [0.15, 0.2) is 89.8 Å². The fraction of sp³-hybridized carbons (Fsp3) is 0.554. The van der Waals surface area contributed by atoms with Crippen molar-refractivity contribution in [1.82, 2.24) is 14.7 Å². The number of benzene rings is 2. The minimum atomic E-state index is -4.13. The molecule has 2 atom stereocenters. The molecule has 2 aliphatic heterocycles. The number of nitrogens with zero attached hydrogens (tertiary/aromatic N) is 7. The number of nitrogens with one attached hydrogen (secondary N) is 1. The van der Waals surface area contributed by atoms with Crippen LogP contribution in [0.5, 0.6) is 11.5 Å². The van der Waals surface area contributed by atoms with E-state index in [0.717, 1.165) is 94.7 Å². The highest BCUT2D eigenvalue weighted by Crippen LogP contribution is 2.34. The van der Waals surface area contributed by atoms with Gasteiger partial charge in [-0.15, -0.1) is 8.42 Å². The molecule has 3 N–H and O–H groups in total. The molecule has 0 saturated carbocycles. The molecule has 5 heterocycles. The van der Waals surface area contributed by atoms with Crippen molar-refractivity contribution in [1.29, 1.82) is 0 Å². The van der Waals surface area contributed by atoms with Gasteiger partial charge in [-0.05, 0) is 113 Å². The number of carbonyl (C=O) groups excluding carboxylic acids is 1. The Morgan fingerprint density at radius 1 is 0.753 bits per heavy atom. The van der Waals surface area contributed by atoms with Crippen LogP contribution in [-0.4, -0.2) is 123 Å². The monoisotopic (exact) mass is 1110 g/mol. The van der Waals surface area contributed by atoms with Gasteiger partial charge in [0.25, 0.3) is 0 Å². The number of piperidine rings is 2. The van der Waals surface area contributed by atoms with Crippen LogP contribution >= 0.6 is 0 Å². The van der Waals surface area contributed by atoms with E-state index in [1.165, 1.54) is 36.3 Å². The molecule has 428 valence electrons. The fourth-order valence-corrected chi connectivity index (χ4v) is 10.7. The number of carbonyl (C=O) groups is 1. The smallest absolute Gasteiger partial charge is 0.493 e. The quantitative estimate of drug-likeness (QED) is 0.0451. The molecule has 2 aromatic carbocycles. The van der Waals surface area contributed by atoms with E-state index in [0.29, 0.717) is 18.4 Å². The zero-order chi connectivity index (χ0) is 55.3. The van der Waals surface area contributed by atoms with Crippen molar-refractivity contribution in [2.75, 3.05) is 88.0 Å². The number of nitrogens with two attached hydrogens (primary N) is 1. The summed E-state index contributed by atoms with van der Waals surface area (Å²) in [6, 6.07) is 19.4. The summed E-state index contributed by atoms with van der Waals surface area (Å²) in [7, 11) is -0.847. The van der Waals surface area contributed by atoms with Crippen LogP contribution < -0.4 is 43.7 Å². The van der Waals surface area contributed by atoms with Gasteiger partial charge in [-0.25, -0.2) is 13.1 Å². The first-order valence-electron chi connectivity index (χ1n) is 25.4. The summed E-state index contributed by atoms with van der Waals surface area (Å²) in [5.74, 6) is 2.20. The topological polar surface area (TPSA) is 235 Å². The first-order valence-corrected chi connectivity index (χ1v) is 28.4. The third-order valence-electron chi connectivity index (χ3n) is 13.1. The van der Waals surface area contributed by atoms with E-state index in [4.69, 9.17) is 24.7 Å². The van der Waals surface area contributed by atoms with Gasteiger partial charge >= 0.3 is 16.2 Å². The third kappa shape index (κ3) is 19.7. The molecular formula is C56H87N9O10S2. The highest BCUT2D eigenvalue weighted by atomic mass is 32.2. The summed E-state index contributed by atoms with van der Waals surface area (Å²) in [5, 5.41) is 13.7. The molecule has 2 fully saturated rings. The number of anilines is 3. The maximum Gasteiger partial charge on any atom is 0.493 e. The highest BCUT2D eigenvalue weighted by molar-refractivity contribution is 7.90. The zero-order valence-electron chi connectivity index (χ0n) is 45.8. The second-order valence-electron chi connectivity index (χ2n) is 21.3. The molecular weight excluding hydrogens is 1020 g/mol. The number of hydrogen-bond acceptors (Lipinski definition) is 16. The van der Waals surface area contributed by atoms with Gasteiger partial charge in [0.2, 0.25) is 10.0 Å². The SMILES string of the molecule is C.C.CN(C)c1cc[n+](S(=O)(=O)N=C([O-])OC(C)(C)C)cc1.COc1ccc2c(N3CCC(C(C)CN)CC3)ccnc2c1.COc1ccc2c(N3CCC(C(C)CNS(=O)(=O)CC(=O)OC(C)(C)C)CC3)ccnc2c1. The summed E-state index contributed by atoms with van der Waals surface area (Å²) in [6.45, 7) is 19.5. The lowest BCUT2D eigenvalue weighted by Crippen LogP contribution is -2.43. The molecule has 21 heteroatoms. The van der Waals surface area contributed by atoms with Gasteiger partial charge in [-0.2, -0.15) is 0 Å². The van der Waals surface area contributed by atoms with Crippen LogP contribution in [0.1, 0.15) is 95.9 Å². The lowest BCUT2D eigenvalue weighted by Gasteiger charge is -2.36. The largest absolute Gasteiger partial charge is 0.594 e. The number of fused-ring (bicyclic) bond motifs is 2. The molecule has 2 aliphatic rings. The van der Waals surface area contributed by atoms with Gasteiger partial charge in [0.15, 0.2) is 24.2 Å². The predicted molar refractivity (Wildman–Crippen MR) is 308 cm³/mol. The number of sulfonamides is 1. The van der Waals surface area contributed by atoms with Crippen LogP contribution in [0.2, 0.25) is 0 Å². The van der Waals surface area contributed by atoms with Crippen molar-refractivity contribution in [2.24, 2.45) is 33.8 Å². The van der Waals surface area contributed by atoms with Crippen molar-refractivity contribution >= 4 is 71.2 Å². The fourth-order valence-electron chi connectivity index (χ4n) is 8.92. The number of pyridine rings is 3. The number of rotatable bonds is 15. The standard InChI is InChI=1S/C24H35N3O5S.C18H25N3O.C12H19N3O4S.2CH4/c1-17(15-26-33(29,30)16-23(28)32-24(2,3)4)18-9-12-27(13-10-18)22-8-11-25-21-14-19(31-5)6-7-20(21)22;1-13(12-19)14-6-9-21(10-7-14)18-5-8-20-17-11-15(22-2)3-4-16(17)18;1-12(2,3)19-11(16)13-20(17,18)15-8-6-10(7-9-15)14(4)5;;/h6-8,11,14,17-18,26H,9-10,12-13,15-16H2,1-5H3;3-5,8,11,13-14H,6-7,9-10,12,19H2,1-2H3;6-9H,1-5H3;2*1H4. The number of aromatic nitrogens is 3. The summed E-state index contributed by atoms with van der Waals surface area (Å²) in [5.41, 5.74) is 9.48. The van der Waals surface area contributed by atoms with Gasteiger partial charge in [0, 0.05) is 117 Å². The van der Waals surface area contributed by atoms with Crippen molar-refractivity contribution in [3.8, 4) is 11.5 Å². The molecule has 77 heavy (non-hydrogen) atoms. The molecule has 0 amide bonds. The number of ether oxygens (including phenoxy) is 4. The van der Waals surface area contributed by atoms with E-state index in [2.05, 4.69) is 54.9 Å². The summed E-state index contributed by atoms with van der Waals surface area (Å²) >= 11 is 0. The average molecular weight is 1110 g/mol. The zero-order valence-corrected chi connectivity index (χ0v) is 47.4. The second-order valence-corrected chi connectivity index (χ2v) is 24.6. The first-order chi connectivity index (χ1) is 35.2. The molecule has 7 rings (SSSR count). The molecule has 0 radical (unpaired) electrons. The maximum absolute atomic E-state index is 12.3. The third-order valence-corrected chi connectivity index (χ3v) is 15.5. The minimum Gasteiger partial charge on any atom is -0.594 e. The average Bonchev–Trinajstić information content (AvgIpc) is 3.36. The highest BCUT2D eigenvalue weighted by Gasteiger charge is 2.29. The Morgan fingerprint density at radius 3 is 1.60 bits per heavy atom. The van der Waals surface area contributed by atoms with Gasteiger partial charge in [-0.1, -0.05) is 57.8 Å². The van der Waals surface area contributed by atoms with Crippen LogP contribution in [0.3, 0.4) is 0 Å². The normalized spacial score (nSPS) is 15.6. The lowest BCUT2D eigenvalue weighted by molar-refractivity contribution is -0.511. The number of esters is 1. The van der Waals surface area contributed by atoms with E-state index >= 15 is 0 Å². The first kappa shape index (κ1) is 65.3. The van der Waals surface area contributed by atoms with E-state index in [9.17, 15) is 26.7 Å². The van der Waals surface area contributed by atoms with E-state index in [1.807, 2.05) is 67.8 Å². The van der Waals surface area contributed by atoms with Crippen molar-refractivity contribution in [3.05, 3.63) is 85.5 Å². The molecule has 0 bridgehead atoms. The van der Waals surface area contributed by atoms with Crippen molar-refractivity contribution < 1.29 is 49.7 Å². The Bertz CT molecular complexity index is 2910. The molecule has 19 nitrogen and oxygen atoms in total. The number of methoxy groups -OCH3 is 2. The van der Waals surface area contributed by atoms with Crippen LogP contribution in [0.4, 0.5) is 17.1 Å². The second kappa shape index (κ2) is 28.6. The molecule has 5 aromatic rings. The van der Waals surface area contributed by atoms with Crippen molar-refractivity contribution in [3.63, 3.8) is 0 Å². The Hall–Kier alpha value is -6.03. The summed E-state index contributed by atoms with van der Waals surface area (Å²) in [6.07, 6.45) is 9.59. The molecule has 0 aliphatic carbocycles. The van der Waals surface area contributed by atoms with E-state index in [1.54, 1.807) is 67.9 Å². The van der Waals surface area contributed by atoms with Gasteiger partial charge in [0.1, 0.15) is 17.1 Å².